The number of nitrogens with zero attached hydrogens (tertiary/aromatic N) is 1. The summed E-state index contributed by atoms with van der Waals surface area (Å²) in [6.07, 6.45) is -0.420. The summed E-state index contributed by atoms with van der Waals surface area (Å²) >= 11 is 0. The summed E-state index contributed by atoms with van der Waals surface area (Å²) in [5.74, 6) is 2.61. The fourth-order valence-corrected chi connectivity index (χ4v) is 0.544. The van der Waals surface area contributed by atoms with Gasteiger partial charge in [0.25, 0.3) is 0 Å². The molecule has 0 spiro atoms. The molecule has 0 fully saturated rings. The van der Waals surface area contributed by atoms with Crippen molar-refractivity contribution >= 4 is 6.09 Å². The fraction of sp³-hybridized carbons (Fsp3) is 0.667. The van der Waals surface area contributed by atoms with Crippen LogP contribution in [0.5, 0.6) is 0 Å². The van der Waals surface area contributed by atoms with Gasteiger partial charge in [0.2, 0.25) is 0 Å². The van der Waals surface area contributed by atoms with E-state index < -0.39 is 11.7 Å². The number of hydrogen-bond acceptors (Lipinski definition) is 2. The Labute approximate surface area is 73.7 Å². The lowest BCUT2D eigenvalue weighted by Crippen LogP contribution is -2.31. The molecule has 0 aromatic heterocycles. The van der Waals surface area contributed by atoms with Crippen LogP contribution in [0.2, 0.25) is 0 Å². The minimum absolute atomic E-state index is 0.420. The Morgan fingerprint density at radius 3 is 2.25 bits per heavy atom. The lowest BCUT2D eigenvalue weighted by molar-refractivity contribution is 0.0387. The SMILES string of the molecule is CC#CN(C)C(=O)OC(C)(C)C. The highest BCUT2D eigenvalue weighted by atomic mass is 16.6. The maximum atomic E-state index is 11.1. The zero-order valence-corrected chi connectivity index (χ0v) is 8.26. The van der Waals surface area contributed by atoms with E-state index in [1.165, 1.54) is 4.90 Å². The van der Waals surface area contributed by atoms with E-state index in [0.717, 1.165) is 0 Å². The molecule has 0 atom stereocenters. The van der Waals surface area contributed by atoms with Crippen molar-refractivity contribution in [2.45, 2.75) is 33.3 Å². The van der Waals surface area contributed by atoms with Crippen molar-refractivity contribution in [2.75, 3.05) is 7.05 Å². The van der Waals surface area contributed by atoms with Gasteiger partial charge in [0, 0.05) is 13.1 Å². The summed E-state index contributed by atoms with van der Waals surface area (Å²) in [6.45, 7) is 7.12. The molecule has 0 N–H and O–H groups in total. The minimum Gasteiger partial charge on any atom is -0.443 e. The van der Waals surface area contributed by atoms with Gasteiger partial charge in [0.1, 0.15) is 5.60 Å². The largest absolute Gasteiger partial charge is 0.443 e. The number of carbonyl (C=O) groups excluding carboxylic acids is 1. The van der Waals surface area contributed by atoms with E-state index in [0.29, 0.717) is 0 Å². The van der Waals surface area contributed by atoms with Gasteiger partial charge in [-0.1, -0.05) is 5.92 Å². The molecule has 0 aromatic carbocycles. The second-order valence-electron chi connectivity index (χ2n) is 3.40. The zero-order valence-electron chi connectivity index (χ0n) is 8.26. The van der Waals surface area contributed by atoms with Crippen LogP contribution in [0, 0.1) is 12.0 Å². The van der Waals surface area contributed by atoms with E-state index in [1.54, 1.807) is 14.0 Å². The quantitative estimate of drug-likeness (QED) is 0.409. The maximum Gasteiger partial charge on any atom is 0.421 e. The van der Waals surface area contributed by atoms with Crippen LogP contribution in [-0.2, 0) is 4.74 Å². The highest BCUT2D eigenvalue weighted by molar-refractivity contribution is 5.69. The highest BCUT2D eigenvalue weighted by Gasteiger charge is 2.18. The Morgan fingerprint density at radius 1 is 1.42 bits per heavy atom. The van der Waals surface area contributed by atoms with Crippen LogP contribution in [0.3, 0.4) is 0 Å². The standard InChI is InChI=1S/C9H15NO2/c1-6-7-10(5)8(11)12-9(2,3)4/h1-5H3. The van der Waals surface area contributed by atoms with Gasteiger partial charge in [-0.15, -0.1) is 0 Å². The Balaban J connectivity index is 4.11. The second kappa shape index (κ2) is 4.01. The molecular formula is C9H15NO2. The molecule has 0 bridgehead atoms. The first-order valence-electron chi connectivity index (χ1n) is 3.76. The molecule has 0 saturated heterocycles. The van der Waals surface area contributed by atoms with Gasteiger partial charge in [-0.3, -0.25) is 0 Å². The summed E-state index contributed by atoms with van der Waals surface area (Å²) in [5.41, 5.74) is -0.458. The molecule has 3 nitrogen and oxygen atoms in total. The third kappa shape index (κ3) is 4.62. The molecule has 1 amide bonds. The van der Waals surface area contributed by atoms with Crippen molar-refractivity contribution in [3.8, 4) is 12.0 Å². The van der Waals surface area contributed by atoms with Crippen LogP contribution in [-0.4, -0.2) is 23.6 Å². The molecule has 0 radical (unpaired) electrons. The third-order valence-electron chi connectivity index (χ3n) is 0.947. The lowest BCUT2D eigenvalue weighted by atomic mass is 10.2. The summed E-state index contributed by atoms with van der Waals surface area (Å²) in [5, 5.41) is 0. The monoisotopic (exact) mass is 169 g/mol. The number of carbonyl (C=O) groups is 1. The predicted molar refractivity (Wildman–Crippen MR) is 47.4 cm³/mol. The average molecular weight is 169 g/mol. The van der Waals surface area contributed by atoms with Crippen LogP contribution in [0.4, 0.5) is 4.79 Å². The van der Waals surface area contributed by atoms with Crippen molar-refractivity contribution in [3.63, 3.8) is 0 Å². The van der Waals surface area contributed by atoms with E-state index in [-0.39, 0.29) is 0 Å². The summed E-state index contributed by atoms with van der Waals surface area (Å²) < 4.78 is 5.04. The molecule has 0 aliphatic rings. The third-order valence-corrected chi connectivity index (χ3v) is 0.947. The Bertz CT molecular complexity index is 217. The van der Waals surface area contributed by atoms with Gasteiger partial charge < -0.3 is 4.74 Å². The molecule has 68 valence electrons. The van der Waals surface area contributed by atoms with E-state index in [9.17, 15) is 4.79 Å². The predicted octanol–water partition coefficient (Wildman–Crippen LogP) is 1.83. The van der Waals surface area contributed by atoms with E-state index >= 15 is 0 Å². The zero-order chi connectivity index (χ0) is 9.78. The Kier molecular flexibility index (Phi) is 3.62. The molecule has 12 heavy (non-hydrogen) atoms. The van der Waals surface area contributed by atoms with Crippen LogP contribution in [0.1, 0.15) is 27.7 Å². The topological polar surface area (TPSA) is 29.5 Å². The number of ether oxygens (including phenoxy) is 1. The smallest absolute Gasteiger partial charge is 0.421 e. The maximum absolute atomic E-state index is 11.1. The number of hydrogen-bond donors (Lipinski definition) is 0. The van der Waals surface area contributed by atoms with Gasteiger partial charge >= 0.3 is 6.09 Å². The molecule has 0 aliphatic heterocycles. The molecule has 0 aliphatic carbocycles. The van der Waals surface area contributed by atoms with Gasteiger partial charge in [-0.25, -0.2) is 9.69 Å². The Hall–Kier alpha value is -1.17. The fourth-order valence-electron chi connectivity index (χ4n) is 0.544. The van der Waals surface area contributed by atoms with E-state index in [4.69, 9.17) is 4.74 Å². The molecule has 0 saturated carbocycles. The first-order chi connectivity index (χ1) is 5.37. The summed E-state index contributed by atoms with van der Waals surface area (Å²) in [6, 6.07) is 2.58. The number of amides is 1. The van der Waals surface area contributed by atoms with Crippen molar-refractivity contribution in [3.05, 3.63) is 0 Å². The molecule has 0 rings (SSSR count). The van der Waals surface area contributed by atoms with Crippen molar-refractivity contribution in [2.24, 2.45) is 0 Å². The van der Waals surface area contributed by atoms with Gasteiger partial charge in [-0.05, 0) is 27.7 Å². The average Bonchev–Trinajstić information content (AvgIpc) is 1.84. The molecule has 0 heterocycles. The second-order valence-corrected chi connectivity index (χ2v) is 3.40. The van der Waals surface area contributed by atoms with Gasteiger partial charge in [0.15, 0.2) is 0 Å². The van der Waals surface area contributed by atoms with Gasteiger partial charge in [0.05, 0.1) is 0 Å². The highest BCUT2D eigenvalue weighted by Crippen LogP contribution is 2.08. The first kappa shape index (κ1) is 10.8. The van der Waals surface area contributed by atoms with E-state index in [1.807, 2.05) is 20.8 Å². The van der Waals surface area contributed by atoms with Crippen LogP contribution < -0.4 is 0 Å². The van der Waals surface area contributed by atoms with Crippen LogP contribution >= 0.6 is 0 Å². The first-order valence-corrected chi connectivity index (χ1v) is 3.76. The Morgan fingerprint density at radius 2 is 1.92 bits per heavy atom. The molecule has 0 aromatic rings. The summed E-state index contributed by atoms with van der Waals surface area (Å²) in [4.78, 5) is 12.4. The number of rotatable bonds is 0. The van der Waals surface area contributed by atoms with E-state index in [2.05, 4.69) is 12.0 Å². The molecular weight excluding hydrogens is 154 g/mol. The van der Waals surface area contributed by atoms with Crippen LogP contribution in [0.15, 0.2) is 0 Å². The van der Waals surface area contributed by atoms with Crippen molar-refractivity contribution < 1.29 is 9.53 Å². The lowest BCUT2D eigenvalue weighted by Gasteiger charge is -2.21. The summed E-state index contributed by atoms with van der Waals surface area (Å²) in [7, 11) is 1.57. The van der Waals surface area contributed by atoms with Gasteiger partial charge in [-0.2, -0.15) is 0 Å². The molecule has 0 unspecified atom stereocenters. The normalized spacial score (nSPS) is 9.75. The molecule has 3 heteroatoms. The van der Waals surface area contributed by atoms with Crippen molar-refractivity contribution in [1.29, 1.82) is 0 Å². The minimum atomic E-state index is -0.458. The van der Waals surface area contributed by atoms with Crippen molar-refractivity contribution in [1.82, 2.24) is 4.90 Å². The van der Waals surface area contributed by atoms with Crippen LogP contribution in [0.25, 0.3) is 0 Å².